The zero-order chi connectivity index (χ0) is 12.6. The summed E-state index contributed by atoms with van der Waals surface area (Å²) in [6, 6.07) is 0. The standard InChI is InChI=1S/3C4H9O.BrH.Hf/c3*1-4(2)3-5;;/h3*4H,3H2,1-2H3;1H;/q3*-1;;+3. The Labute approximate surface area is 127 Å². The molecule has 105 valence electrons. The van der Waals surface area contributed by atoms with E-state index in [-0.39, 0.29) is 17.0 Å². The van der Waals surface area contributed by atoms with Crippen LogP contribution in [-0.4, -0.2) is 19.8 Å². The van der Waals surface area contributed by atoms with Crippen LogP contribution in [0.25, 0.3) is 0 Å². The van der Waals surface area contributed by atoms with Gasteiger partial charge in [0.05, 0.1) is 0 Å². The van der Waals surface area contributed by atoms with Gasteiger partial charge in [-0.05, 0) is 0 Å². The summed E-state index contributed by atoms with van der Waals surface area (Å²) in [4.78, 5) is 0. The van der Waals surface area contributed by atoms with E-state index in [0.717, 1.165) is 19.8 Å². The van der Waals surface area contributed by atoms with Crippen molar-refractivity contribution in [3.05, 3.63) is 0 Å². The Bertz CT molecular complexity index is 137. The van der Waals surface area contributed by atoms with Crippen molar-refractivity contribution < 1.29 is 31.3 Å². The topological polar surface area (TPSA) is 27.7 Å². The molecule has 0 N–H and O–H groups in total. The van der Waals surface area contributed by atoms with E-state index in [2.05, 4.69) is 41.5 Å². The molecule has 0 aliphatic heterocycles. The van der Waals surface area contributed by atoms with Crippen LogP contribution in [0.2, 0.25) is 0 Å². The van der Waals surface area contributed by atoms with Crippen LogP contribution in [0.3, 0.4) is 0 Å². The molecule has 0 aliphatic rings. The third-order valence-electron chi connectivity index (χ3n) is 1.60. The SMILES string of the molecule is Br.CC(C)C[O][Hf]([O]CC(C)C)[O]CC(C)C. The zero-order valence-electron chi connectivity index (χ0n) is 12.0. The Balaban J connectivity index is 0. The second-order valence-corrected chi connectivity index (χ2v) is 10.3. The molecule has 0 radical (unpaired) electrons. The summed E-state index contributed by atoms with van der Waals surface area (Å²) in [5.74, 6) is 1.64. The van der Waals surface area contributed by atoms with Gasteiger partial charge in [-0.25, -0.2) is 0 Å². The van der Waals surface area contributed by atoms with Crippen LogP contribution >= 0.6 is 17.0 Å². The molecule has 0 aromatic heterocycles. The molecule has 0 saturated heterocycles. The van der Waals surface area contributed by atoms with Crippen molar-refractivity contribution in [2.75, 3.05) is 19.8 Å². The number of hydrogen-bond acceptors (Lipinski definition) is 3. The molecular formula is C12H28BrHfO3. The van der Waals surface area contributed by atoms with Crippen molar-refractivity contribution >= 4 is 17.0 Å². The summed E-state index contributed by atoms with van der Waals surface area (Å²) in [6.07, 6.45) is 0. The Morgan fingerprint density at radius 3 is 1.06 bits per heavy atom. The van der Waals surface area contributed by atoms with E-state index in [0.29, 0.717) is 17.8 Å². The van der Waals surface area contributed by atoms with E-state index in [1.807, 2.05) is 0 Å². The monoisotopic (exact) mass is 479 g/mol. The molecule has 0 unspecified atom stereocenters. The third-order valence-corrected chi connectivity index (χ3v) is 5.94. The van der Waals surface area contributed by atoms with E-state index >= 15 is 0 Å². The minimum absolute atomic E-state index is 0. The fourth-order valence-corrected chi connectivity index (χ4v) is 6.79. The van der Waals surface area contributed by atoms with Crippen LogP contribution in [0.5, 0.6) is 0 Å². The van der Waals surface area contributed by atoms with E-state index in [1.165, 1.54) is 0 Å². The van der Waals surface area contributed by atoms with Crippen LogP contribution < -0.4 is 0 Å². The molecule has 0 fully saturated rings. The quantitative estimate of drug-likeness (QED) is 0.470. The summed E-state index contributed by atoms with van der Waals surface area (Å²) in [6.45, 7) is 15.2. The molecule has 0 aromatic carbocycles. The Kier molecular flexibility index (Phi) is 14.8. The van der Waals surface area contributed by atoms with Crippen LogP contribution in [-0.2, 0) is 31.3 Å². The first kappa shape index (κ1) is 20.5. The fraction of sp³-hybridized carbons (Fsp3) is 1.00. The molecule has 17 heavy (non-hydrogen) atoms. The molecule has 0 amide bonds. The van der Waals surface area contributed by atoms with E-state index < -0.39 is 22.7 Å². The summed E-state index contributed by atoms with van der Waals surface area (Å²) < 4.78 is 17.3. The maximum absolute atomic E-state index is 5.77. The van der Waals surface area contributed by atoms with Crippen LogP contribution in [0.15, 0.2) is 0 Å². The minimum atomic E-state index is -2.65. The molecule has 0 atom stereocenters. The number of halogens is 1. The van der Waals surface area contributed by atoms with Crippen molar-refractivity contribution in [2.45, 2.75) is 41.5 Å². The first-order chi connectivity index (χ1) is 7.41. The third kappa shape index (κ3) is 15.2. The average Bonchev–Trinajstić information content (AvgIpc) is 2.15. The van der Waals surface area contributed by atoms with Crippen LogP contribution in [0, 0.1) is 17.8 Å². The van der Waals surface area contributed by atoms with E-state index in [1.54, 1.807) is 0 Å². The fourth-order valence-electron chi connectivity index (χ4n) is 0.829. The summed E-state index contributed by atoms with van der Waals surface area (Å²) in [7, 11) is 0. The average molecular weight is 479 g/mol. The zero-order valence-corrected chi connectivity index (χ0v) is 17.3. The van der Waals surface area contributed by atoms with Gasteiger partial charge in [-0.15, -0.1) is 17.0 Å². The second kappa shape index (κ2) is 12.3. The molecule has 0 aromatic rings. The van der Waals surface area contributed by atoms with Crippen molar-refractivity contribution in [2.24, 2.45) is 17.8 Å². The molecule has 0 spiro atoms. The normalized spacial score (nSPS) is 11.1. The molecule has 5 heteroatoms. The van der Waals surface area contributed by atoms with Gasteiger partial charge in [0.15, 0.2) is 0 Å². The summed E-state index contributed by atoms with van der Waals surface area (Å²) >= 11 is -2.65. The first-order valence-corrected chi connectivity index (χ1v) is 10.6. The molecule has 0 saturated carbocycles. The molecule has 3 nitrogen and oxygen atoms in total. The van der Waals surface area contributed by atoms with E-state index in [4.69, 9.17) is 8.56 Å². The van der Waals surface area contributed by atoms with Crippen LogP contribution in [0.1, 0.15) is 41.5 Å². The summed E-state index contributed by atoms with van der Waals surface area (Å²) in [5.41, 5.74) is 0. The van der Waals surface area contributed by atoms with Gasteiger partial charge >= 0.3 is 110 Å². The van der Waals surface area contributed by atoms with Gasteiger partial charge in [0.1, 0.15) is 0 Å². The van der Waals surface area contributed by atoms with Crippen LogP contribution in [0.4, 0.5) is 0 Å². The predicted octanol–water partition coefficient (Wildman–Crippen LogP) is 3.95. The summed E-state index contributed by atoms with van der Waals surface area (Å²) in [5, 5.41) is 0. The molecule has 0 heterocycles. The molecular weight excluding hydrogens is 451 g/mol. The van der Waals surface area contributed by atoms with Crippen molar-refractivity contribution in [1.82, 2.24) is 0 Å². The van der Waals surface area contributed by atoms with Crippen molar-refractivity contribution in [3.8, 4) is 0 Å². The maximum atomic E-state index is 5.77. The number of hydrogen-bond donors (Lipinski definition) is 0. The van der Waals surface area contributed by atoms with E-state index in [9.17, 15) is 0 Å². The van der Waals surface area contributed by atoms with Gasteiger partial charge in [0.2, 0.25) is 0 Å². The Morgan fingerprint density at radius 2 is 0.882 bits per heavy atom. The number of rotatable bonds is 9. The van der Waals surface area contributed by atoms with Gasteiger partial charge in [0.25, 0.3) is 0 Å². The van der Waals surface area contributed by atoms with Gasteiger partial charge < -0.3 is 0 Å². The van der Waals surface area contributed by atoms with Gasteiger partial charge in [-0.3, -0.25) is 0 Å². The predicted molar refractivity (Wildman–Crippen MR) is 72.7 cm³/mol. The van der Waals surface area contributed by atoms with Crippen molar-refractivity contribution in [3.63, 3.8) is 0 Å². The second-order valence-electron chi connectivity index (χ2n) is 5.36. The molecule has 0 bridgehead atoms. The molecule has 0 rings (SSSR count). The Hall–Kier alpha value is 1.23. The molecule has 0 aliphatic carbocycles. The van der Waals surface area contributed by atoms with Crippen molar-refractivity contribution in [1.29, 1.82) is 0 Å². The van der Waals surface area contributed by atoms with Gasteiger partial charge in [0, 0.05) is 0 Å². The first-order valence-electron chi connectivity index (χ1n) is 6.17. The van der Waals surface area contributed by atoms with Gasteiger partial charge in [-0.2, -0.15) is 0 Å². The van der Waals surface area contributed by atoms with Gasteiger partial charge in [-0.1, -0.05) is 0 Å². The Morgan fingerprint density at radius 1 is 0.647 bits per heavy atom.